The quantitative estimate of drug-likeness (QED) is 0.0336. The number of thioether (sulfide) groups is 1. The standard InChI is InChI=1S/C44H79N7O17S/c1-45-35(42(60)51-34(28-52)44(63)64)31-69-32-40(57)47-19-18-46-38(55)29-67-26-25-66-23-21-49-39(56)30-68-27-24-65-22-20-48-36(53)17-16-33(43(61)62)50-37(54)14-12-10-8-6-4-2-3-5-7-9-11-13-15-41(58)59/h33-35,45,52H,2-32H2,1H3,(H,46,55)(H,47,57)(H,48,53)(H,49,56)(H,50,54)(H,51,60)(H,58,59)(H,61,62)(H,63,64)/t33-,34-,35-/m0/s1. The SMILES string of the molecule is CN[C@@H](CSCC(=O)NCCNC(=O)COCCOCCNC(=O)COCCOCCNC(=O)CC[C@H](NC(=O)CCCCCCCCCCCCCCC(=O)O)C(=O)O)C(=O)N[C@@H](CO)C(=O)O. The molecule has 0 heterocycles. The van der Waals surface area contributed by atoms with E-state index in [4.69, 9.17) is 34.3 Å². The number of hydrogen-bond acceptors (Lipinski definition) is 16. The Hall–Kier alpha value is -4.66. The Bertz CT molecular complexity index is 1480. The van der Waals surface area contributed by atoms with Crippen LogP contribution in [0.1, 0.15) is 103 Å². The van der Waals surface area contributed by atoms with Crippen molar-refractivity contribution >= 4 is 65.1 Å². The highest BCUT2D eigenvalue weighted by Gasteiger charge is 2.24. The number of carbonyl (C=O) groups is 9. The second-order valence-electron chi connectivity index (χ2n) is 15.8. The Morgan fingerprint density at radius 2 is 0.913 bits per heavy atom. The molecule has 6 amide bonds. The van der Waals surface area contributed by atoms with Gasteiger partial charge < -0.3 is 76.6 Å². The van der Waals surface area contributed by atoms with Gasteiger partial charge in [0.2, 0.25) is 35.4 Å². The maximum Gasteiger partial charge on any atom is 0.328 e. The summed E-state index contributed by atoms with van der Waals surface area (Å²) < 4.78 is 21.3. The fourth-order valence-electron chi connectivity index (χ4n) is 6.09. The summed E-state index contributed by atoms with van der Waals surface area (Å²) in [5, 5.41) is 54.1. The highest BCUT2D eigenvalue weighted by Crippen LogP contribution is 2.13. The average Bonchev–Trinajstić information content (AvgIpc) is 3.31. The fraction of sp³-hybridized carbons (Fsp3) is 0.795. The normalized spacial score (nSPS) is 12.3. The molecule has 0 spiro atoms. The van der Waals surface area contributed by atoms with E-state index in [0.29, 0.717) is 6.42 Å². The molecule has 24 nitrogen and oxygen atoms in total. The van der Waals surface area contributed by atoms with Crippen LogP contribution in [0.4, 0.5) is 0 Å². The molecule has 0 aliphatic carbocycles. The highest BCUT2D eigenvalue weighted by atomic mass is 32.2. The molecule has 0 aromatic carbocycles. The van der Waals surface area contributed by atoms with Crippen LogP contribution in [0.3, 0.4) is 0 Å². The van der Waals surface area contributed by atoms with Crippen LogP contribution in [0.25, 0.3) is 0 Å². The lowest BCUT2D eigenvalue weighted by atomic mass is 10.0. The number of ether oxygens (including phenoxy) is 4. The Morgan fingerprint density at radius 1 is 0.464 bits per heavy atom. The van der Waals surface area contributed by atoms with Gasteiger partial charge in [-0.15, -0.1) is 11.8 Å². The average molecular weight is 1010 g/mol. The fourth-order valence-corrected chi connectivity index (χ4v) is 7.05. The van der Waals surface area contributed by atoms with Crippen molar-refractivity contribution in [1.82, 2.24) is 37.2 Å². The van der Waals surface area contributed by atoms with Gasteiger partial charge in [0.15, 0.2) is 0 Å². The molecule has 0 aliphatic rings. The van der Waals surface area contributed by atoms with E-state index in [-0.39, 0.29) is 140 Å². The van der Waals surface area contributed by atoms with Crippen LogP contribution in [0, 0.1) is 0 Å². The predicted octanol–water partition coefficient (Wildman–Crippen LogP) is -0.704. The summed E-state index contributed by atoms with van der Waals surface area (Å²) in [5.41, 5.74) is 0. The number of rotatable bonds is 48. The first kappa shape index (κ1) is 64.3. The minimum atomic E-state index is -1.43. The van der Waals surface area contributed by atoms with Gasteiger partial charge in [0.05, 0.1) is 58.0 Å². The summed E-state index contributed by atoms with van der Waals surface area (Å²) >= 11 is 1.14. The minimum absolute atomic E-state index is 0.0202. The lowest BCUT2D eigenvalue weighted by Gasteiger charge is -2.18. The number of aliphatic hydroxyl groups excluding tert-OH is 1. The zero-order chi connectivity index (χ0) is 51.3. The maximum absolute atomic E-state index is 12.3. The lowest BCUT2D eigenvalue weighted by molar-refractivity contribution is -0.143. The third-order valence-electron chi connectivity index (χ3n) is 9.93. The zero-order valence-corrected chi connectivity index (χ0v) is 41.0. The Labute approximate surface area is 408 Å². The molecule has 0 saturated heterocycles. The van der Waals surface area contributed by atoms with Crippen LogP contribution in [-0.4, -0.2) is 196 Å². The summed E-state index contributed by atoms with van der Waals surface area (Å²) in [7, 11) is 1.51. The predicted molar refractivity (Wildman–Crippen MR) is 253 cm³/mol. The first-order valence-corrected chi connectivity index (χ1v) is 24.9. The van der Waals surface area contributed by atoms with Gasteiger partial charge in [-0.3, -0.25) is 33.6 Å². The van der Waals surface area contributed by atoms with Gasteiger partial charge in [0.1, 0.15) is 25.3 Å². The monoisotopic (exact) mass is 1010 g/mol. The summed E-state index contributed by atoms with van der Waals surface area (Å²) in [6.07, 6.45) is 12.5. The largest absolute Gasteiger partial charge is 0.481 e. The van der Waals surface area contributed by atoms with Crippen molar-refractivity contribution in [1.29, 1.82) is 0 Å². The molecule has 0 radical (unpaired) electrons. The first-order chi connectivity index (χ1) is 33.2. The van der Waals surface area contributed by atoms with Gasteiger partial charge in [-0.25, -0.2) is 9.59 Å². The van der Waals surface area contributed by atoms with E-state index < -0.39 is 54.5 Å². The Kier molecular flexibility index (Phi) is 41.5. The van der Waals surface area contributed by atoms with Gasteiger partial charge in [-0.2, -0.15) is 0 Å². The minimum Gasteiger partial charge on any atom is -0.481 e. The molecule has 11 N–H and O–H groups in total. The van der Waals surface area contributed by atoms with Crippen molar-refractivity contribution in [2.24, 2.45) is 0 Å². The van der Waals surface area contributed by atoms with Crippen molar-refractivity contribution in [2.75, 3.05) is 104 Å². The number of nitrogens with one attached hydrogen (secondary N) is 7. The van der Waals surface area contributed by atoms with Gasteiger partial charge in [0.25, 0.3) is 0 Å². The number of hydrogen-bond donors (Lipinski definition) is 11. The second-order valence-corrected chi connectivity index (χ2v) is 16.8. The molecule has 69 heavy (non-hydrogen) atoms. The van der Waals surface area contributed by atoms with Crippen molar-refractivity contribution < 1.29 is 82.5 Å². The van der Waals surface area contributed by atoms with Crippen LogP contribution < -0.4 is 37.2 Å². The van der Waals surface area contributed by atoms with E-state index in [1.807, 2.05) is 0 Å². The van der Waals surface area contributed by atoms with Crippen molar-refractivity contribution in [3.63, 3.8) is 0 Å². The highest BCUT2D eigenvalue weighted by molar-refractivity contribution is 8.00. The molecule has 0 rings (SSSR count). The first-order valence-electron chi connectivity index (χ1n) is 23.7. The molecular weight excluding hydrogens is 931 g/mol. The van der Waals surface area contributed by atoms with Crippen LogP contribution in [-0.2, 0) is 62.1 Å². The molecule has 0 fully saturated rings. The van der Waals surface area contributed by atoms with Gasteiger partial charge >= 0.3 is 17.9 Å². The maximum atomic E-state index is 12.3. The van der Waals surface area contributed by atoms with Gasteiger partial charge in [0, 0.05) is 51.2 Å². The molecular formula is C44H79N7O17S. The Balaban J connectivity index is 3.73. The number of carboxylic acids is 3. The molecule has 0 unspecified atom stereocenters. The molecule has 0 aromatic rings. The second kappa shape index (κ2) is 44.5. The number of amides is 6. The van der Waals surface area contributed by atoms with Crippen molar-refractivity contribution in [3.05, 3.63) is 0 Å². The van der Waals surface area contributed by atoms with Crippen LogP contribution >= 0.6 is 11.8 Å². The van der Waals surface area contributed by atoms with E-state index in [2.05, 4.69) is 37.2 Å². The number of carbonyl (C=O) groups excluding carboxylic acids is 6. The van der Waals surface area contributed by atoms with E-state index in [9.17, 15) is 48.3 Å². The van der Waals surface area contributed by atoms with E-state index in [0.717, 1.165) is 76.0 Å². The number of carboxylic acid groups (broad SMARTS) is 3. The summed E-state index contributed by atoms with van der Waals surface area (Å²) in [6, 6.07) is -3.38. The van der Waals surface area contributed by atoms with E-state index in [1.54, 1.807) is 0 Å². The summed E-state index contributed by atoms with van der Waals surface area (Å²) in [6.45, 7) is 0.500. The van der Waals surface area contributed by atoms with Gasteiger partial charge in [-0.05, 0) is 26.3 Å². The smallest absolute Gasteiger partial charge is 0.328 e. The van der Waals surface area contributed by atoms with Crippen LogP contribution in [0.5, 0.6) is 0 Å². The summed E-state index contributed by atoms with van der Waals surface area (Å²) in [5.74, 6) is -5.57. The molecule has 0 saturated carbocycles. The molecule has 0 bridgehead atoms. The molecule has 398 valence electrons. The van der Waals surface area contributed by atoms with Gasteiger partial charge in [-0.1, -0.05) is 64.2 Å². The summed E-state index contributed by atoms with van der Waals surface area (Å²) in [4.78, 5) is 106. The molecule has 0 aliphatic heterocycles. The van der Waals surface area contributed by atoms with E-state index >= 15 is 0 Å². The van der Waals surface area contributed by atoms with Crippen LogP contribution in [0.2, 0.25) is 0 Å². The third kappa shape index (κ3) is 40.9. The molecule has 3 atom stereocenters. The topological polar surface area (TPSA) is 356 Å². The number of aliphatic hydroxyl groups is 1. The third-order valence-corrected chi connectivity index (χ3v) is 11.0. The van der Waals surface area contributed by atoms with Crippen molar-refractivity contribution in [3.8, 4) is 0 Å². The number of unbranched alkanes of at least 4 members (excludes halogenated alkanes) is 11. The van der Waals surface area contributed by atoms with E-state index in [1.165, 1.54) is 13.5 Å². The number of likely N-dealkylation sites (N-methyl/N-ethyl adjacent to an activating group) is 1. The Morgan fingerprint density at radius 3 is 1.39 bits per heavy atom. The molecule has 25 heteroatoms. The zero-order valence-electron chi connectivity index (χ0n) is 40.2. The van der Waals surface area contributed by atoms with Crippen LogP contribution in [0.15, 0.2) is 0 Å². The number of aliphatic carboxylic acids is 3. The molecule has 0 aromatic heterocycles. The lowest BCUT2D eigenvalue weighted by Crippen LogP contribution is -2.51. The van der Waals surface area contributed by atoms with Crippen molar-refractivity contribution in [2.45, 2.75) is 121 Å².